The lowest BCUT2D eigenvalue weighted by atomic mass is 10.1. The van der Waals surface area contributed by atoms with Crippen LogP contribution in [0.1, 0.15) is 34.6 Å². The highest BCUT2D eigenvalue weighted by molar-refractivity contribution is 5.72. The maximum Gasteiger partial charge on any atom is 0.310 e. The molecule has 0 aromatic carbocycles. The Balaban J connectivity index is 3.65. The Bertz CT molecular complexity index is 196. The van der Waals surface area contributed by atoms with Crippen LogP contribution < -0.4 is 5.73 Å². The average molecular weight is 217 g/mol. The Morgan fingerprint density at radius 1 is 1.27 bits per heavy atom. The number of hydrogen-bond donors (Lipinski definition) is 1. The number of ether oxygens (including phenoxy) is 2. The number of hydrogen-bond acceptors (Lipinski definition) is 4. The van der Waals surface area contributed by atoms with Gasteiger partial charge in [0.15, 0.2) is 0 Å². The molecular weight excluding hydrogens is 194 g/mol. The van der Waals surface area contributed by atoms with E-state index in [0.717, 1.165) is 0 Å². The highest BCUT2D eigenvalue weighted by Crippen LogP contribution is 2.07. The van der Waals surface area contributed by atoms with Crippen molar-refractivity contribution in [1.29, 1.82) is 0 Å². The van der Waals surface area contributed by atoms with Crippen molar-refractivity contribution in [2.75, 3.05) is 13.2 Å². The number of carbonyl (C=O) groups is 1. The standard InChI is InChI=1S/C11H23NO3/c1-8(9(2)12)10(13)14-6-7-15-11(3,4)5/h8-9H,6-7,12H2,1-5H3. The summed E-state index contributed by atoms with van der Waals surface area (Å²) in [6.45, 7) is 10.1. The van der Waals surface area contributed by atoms with Crippen LogP contribution in [-0.4, -0.2) is 30.8 Å². The number of carbonyl (C=O) groups excluding carboxylic acids is 1. The van der Waals surface area contributed by atoms with Crippen LogP contribution in [0, 0.1) is 5.92 Å². The third-order valence-corrected chi connectivity index (χ3v) is 2.02. The molecule has 0 heterocycles. The van der Waals surface area contributed by atoms with Gasteiger partial charge in [-0.05, 0) is 27.7 Å². The summed E-state index contributed by atoms with van der Waals surface area (Å²) in [4.78, 5) is 11.4. The molecule has 4 heteroatoms. The Morgan fingerprint density at radius 3 is 2.20 bits per heavy atom. The first-order chi connectivity index (χ1) is 6.74. The normalized spacial score (nSPS) is 15.9. The van der Waals surface area contributed by atoms with E-state index in [4.69, 9.17) is 15.2 Å². The average Bonchev–Trinajstić information content (AvgIpc) is 2.09. The molecule has 0 fully saturated rings. The zero-order valence-electron chi connectivity index (χ0n) is 10.4. The van der Waals surface area contributed by atoms with Crippen LogP contribution in [0.4, 0.5) is 0 Å². The molecule has 0 rings (SSSR count). The third kappa shape index (κ3) is 7.33. The molecule has 0 spiro atoms. The van der Waals surface area contributed by atoms with Gasteiger partial charge in [-0.15, -0.1) is 0 Å². The molecule has 2 unspecified atom stereocenters. The van der Waals surface area contributed by atoms with Crippen molar-refractivity contribution in [3.05, 3.63) is 0 Å². The molecule has 0 saturated carbocycles. The molecule has 4 nitrogen and oxygen atoms in total. The largest absolute Gasteiger partial charge is 0.463 e. The summed E-state index contributed by atoms with van der Waals surface area (Å²) in [7, 11) is 0. The van der Waals surface area contributed by atoms with Crippen molar-refractivity contribution in [2.45, 2.75) is 46.3 Å². The van der Waals surface area contributed by atoms with Crippen molar-refractivity contribution in [3.63, 3.8) is 0 Å². The van der Waals surface area contributed by atoms with Crippen LogP contribution in [0.25, 0.3) is 0 Å². The molecule has 0 saturated heterocycles. The molecule has 0 aliphatic heterocycles. The molecule has 0 amide bonds. The second-order valence-electron chi connectivity index (χ2n) is 4.78. The van der Waals surface area contributed by atoms with Crippen LogP contribution in [0.2, 0.25) is 0 Å². The second kappa shape index (κ2) is 6.08. The third-order valence-electron chi connectivity index (χ3n) is 2.02. The molecule has 0 aromatic heterocycles. The van der Waals surface area contributed by atoms with E-state index in [1.54, 1.807) is 13.8 Å². The zero-order valence-corrected chi connectivity index (χ0v) is 10.4. The number of nitrogens with two attached hydrogens (primary N) is 1. The molecule has 0 radical (unpaired) electrons. The minimum Gasteiger partial charge on any atom is -0.463 e. The zero-order chi connectivity index (χ0) is 12.1. The van der Waals surface area contributed by atoms with Gasteiger partial charge >= 0.3 is 5.97 Å². The lowest BCUT2D eigenvalue weighted by molar-refractivity contribution is -0.151. The smallest absolute Gasteiger partial charge is 0.310 e. The Hall–Kier alpha value is -0.610. The quantitative estimate of drug-likeness (QED) is 0.557. The Labute approximate surface area is 92.1 Å². The minimum atomic E-state index is -0.264. The maximum absolute atomic E-state index is 11.4. The fourth-order valence-electron chi connectivity index (χ4n) is 0.836. The first-order valence-corrected chi connectivity index (χ1v) is 5.30. The van der Waals surface area contributed by atoms with Gasteiger partial charge in [-0.1, -0.05) is 6.92 Å². The highest BCUT2D eigenvalue weighted by Gasteiger charge is 2.18. The molecule has 15 heavy (non-hydrogen) atoms. The van der Waals surface area contributed by atoms with Crippen molar-refractivity contribution < 1.29 is 14.3 Å². The number of esters is 1. The molecule has 0 aliphatic rings. The van der Waals surface area contributed by atoms with Crippen molar-refractivity contribution >= 4 is 5.97 Å². The summed E-state index contributed by atoms with van der Waals surface area (Å²) in [5.41, 5.74) is 5.38. The minimum absolute atomic E-state index is 0.180. The maximum atomic E-state index is 11.4. The van der Waals surface area contributed by atoms with E-state index in [1.165, 1.54) is 0 Å². The lowest BCUT2D eigenvalue weighted by Crippen LogP contribution is -2.32. The molecule has 2 atom stereocenters. The van der Waals surface area contributed by atoms with Gasteiger partial charge < -0.3 is 15.2 Å². The summed E-state index contributed by atoms with van der Waals surface area (Å²) in [6.07, 6.45) is 0. The van der Waals surface area contributed by atoms with E-state index in [-0.39, 0.29) is 30.1 Å². The van der Waals surface area contributed by atoms with E-state index in [0.29, 0.717) is 6.61 Å². The molecule has 0 bridgehead atoms. The monoisotopic (exact) mass is 217 g/mol. The predicted octanol–water partition coefficient (Wildman–Crippen LogP) is 1.33. The van der Waals surface area contributed by atoms with Crippen molar-refractivity contribution in [2.24, 2.45) is 11.7 Å². The van der Waals surface area contributed by atoms with Crippen LogP contribution >= 0.6 is 0 Å². The summed E-state index contributed by atoms with van der Waals surface area (Å²) in [6, 6.07) is -0.180. The summed E-state index contributed by atoms with van der Waals surface area (Å²) < 4.78 is 10.4. The topological polar surface area (TPSA) is 61.6 Å². The van der Waals surface area contributed by atoms with Crippen molar-refractivity contribution in [1.82, 2.24) is 0 Å². The van der Waals surface area contributed by atoms with Gasteiger partial charge in [0.1, 0.15) is 6.61 Å². The lowest BCUT2D eigenvalue weighted by Gasteiger charge is -2.20. The van der Waals surface area contributed by atoms with Gasteiger partial charge in [0, 0.05) is 6.04 Å². The van der Waals surface area contributed by atoms with Gasteiger partial charge in [-0.3, -0.25) is 4.79 Å². The van der Waals surface area contributed by atoms with Crippen LogP contribution in [0.3, 0.4) is 0 Å². The molecule has 0 aromatic rings. The van der Waals surface area contributed by atoms with E-state index in [9.17, 15) is 4.79 Å². The first kappa shape index (κ1) is 14.4. The van der Waals surface area contributed by atoms with Gasteiger partial charge in [0.2, 0.25) is 0 Å². The predicted molar refractivity (Wildman–Crippen MR) is 59.5 cm³/mol. The molecule has 2 N–H and O–H groups in total. The first-order valence-electron chi connectivity index (χ1n) is 5.30. The SMILES string of the molecule is CC(N)C(C)C(=O)OCCOC(C)(C)C. The van der Waals surface area contributed by atoms with Gasteiger partial charge in [0.25, 0.3) is 0 Å². The Morgan fingerprint density at radius 2 is 1.80 bits per heavy atom. The van der Waals surface area contributed by atoms with E-state index >= 15 is 0 Å². The fraction of sp³-hybridized carbons (Fsp3) is 0.909. The second-order valence-corrected chi connectivity index (χ2v) is 4.78. The van der Waals surface area contributed by atoms with Crippen LogP contribution in [-0.2, 0) is 14.3 Å². The summed E-state index contributed by atoms with van der Waals surface area (Å²) >= 11 is 0. The summed E-state index contributed by atoms with van der Waals surface area (Å²) in [5.74, 6) is -0.526. The number of rotatable bonds is 5. The van der Waals surface area contributed by atoms with Gasteiger partial charge in [-0.2, -0.15) is 0 Å². The summed E-state index contributed by atoms with van der Waals surface area (Å²) in [5, 5.41) is 0. The molecule has 0 aliphatic carbocycles. The van der Waals surface area contributed by atoms with Crippen LogP contribution in [0.5, 0.6) is 0 Å². The Kier molecular flexibility index (Phi) is 5.83. The van der Waals surface area contributed by atoms with E-state index in [2.05, 4.69) is 0 Å². The van der Waals surface area contributed by atoms with E-state index < -0.39 is 0 Å². The van der Waals surface area contributed by atoms with Gasteiger partial charge in [0.05, 0.1) is 18.1 Å². The van der Waals surface area contributed by atoms with Crippen LogP contribution in [0.15, 0.2) is 0 Å². The molecular formula is C11H23NO3. The highest BCUT2D eigenvalue weighted by atomic mass is 16.6. The van der Waals surface area contributed by atoms with Crippen molar-refractivity contribution in [3.8, 4) is 0 Å². The molecule has 90 valence electrons. The van der Waals surface area contributed by atoms with E-state index in [1.807, 2.05) is 20.8 Å². The van der Waals surface area contributed by atoms with Gasteiger partial charge in [-0.25, -0.2) is 0 Å². The fourth-order valence-corrected chi connectivity index (χ4v) is 0.836.